The van der Waals surface area contributed by atoms with Crippen LogP contribution in [0.5, 0.6) is 0 Å². The molecule has 1 amide bonds. The Labute approximate surface area is 207 Å². The van der Waals surface area contributed by atoms with Crippen molar-refractivity contribution < 1.29 is 9.90 Å². The fourth-order valence-electron chi connectivity index (χ4n) is 5.59. The summed E-state index contributed by atoms with van der Waals surface area (Å²) in [6, 6.07) is 16.0. The van der Waals surface area contributed by atoms with Gasteiger partial charge in [0.25, 0.3) is 5.91 Å². The molecule has 4 aromatic rings. The van der Waals surface area contributed by atoms with E-state index < -0.39 is 6.23 Å². The van der Waals surface area contributed by atoms with Crippen LogP contribution in [-0.2, 0) is 0 Å². The van der Waals surface area contributed by atoms with Crippen molar-refractivity contribution in [3.8, 4) is 10.4 Å². The van der Waals surface area contributed by atoms with Gasteiger partial charge in [-0.05, 0) is 61.1 Å². The molecule has 1 aliphatic carbocycles. The number of pyridine rings is 1. The molecule has 0 bridgehead atoms. The van der Waals surface area contributed by atoms with Gasteiger partial charge in [0.05, 0.1) is 15.9 Å². The lowest BCUT2D eigenvalue weighted by Crippen LogP contribution is -2.42. The van der Waals surface area contributed by atoms with Gasteiger partial charge in [-0.2, -0.15) is 0 Å². The second-order valence-corrected chi connectivity index (χ2v) is 10.7. The van der Waals surface area contributed by atoms with Crippen LogP contribution < -0.4 is 5.32 Å². The molecule has 6 rings (SSSR count). The first-order valence-electron chi connectivity index (χ1n) is 11.9. The van der Waals surface area contributed by atoms with Crippen molar-refractivity contribution in [2.45, 2.75) is 31.5 Å². The first kappa shape index (κ1) is 22.2. The van der Waals surface area contributed by atoms with Crippen LogP contribution in [0.15, 0.2) is 73.6 Å². The van der Waals surface area contributed by atoms with Crippen molar-refractivity contribution in [1.82, 2.24) is 19.4 Å². The van der Waals surface area contributed by atoms with Crippen LogP contribution in [0.4, 0.5) is 5.95 Å². The Morgan fingerprint density at radius 2 is 2.09 bits per heavy atom. The number of hydrogen-bond donors (Lipinski definition) is 2. The molecule has 2 aliphatic rings. The van der Waals surface area contributed by atoms with Gasteiger partial charge in [0.15, 0.2) is 0 Å². The molecule has 2 fully saturated rings. The SMILES string of the molecule is C=CC(O)N1CCC2(CC(n3c(NC(=O)c4ccc(-c5cccnc5)s4)nc4ccccc43)C2)C1. The Bertz CT molecular complexity index is 1390. The van der Waals surface area contributed by atoms with E-state index in [0.717, 1.165) is 53.8 Å². The highest BCUT2D eigenvalue weighted by Gasteiger charge is 2.50. The van der Waals surface area contributed by atoms with E-state index in [1.165, 1.54) is 11.3 Å². The number of anilines is 1. The van der Waals surface area contributed by atoms with E-state index in [1.807, 2.05) is 42.5 Å². The number of amides is 1. The number of benzene rings is 1. The minimum absolute atomic E-state index is 0.156. The van der Waals surface area contributed by atoms with E-state index in [1.54, 1.807) is 18.5 Å². The lowest BCUT2D eigenvalue weighted by Gasteiger charge is -2.46. The van der Waals surface area contributed by atoms with Gasteiger partial charge in [-0.15, -0.1) is 11.3 Å². The normalized spacial score (nSPS) is 22.8. The summed E-state index contributed by atoms with van der Waals surface area (Å²) in [4.78, 5) is 25.9. The molecule has 35 heavy (non-hydrogen) atoms. The number of hydrogen-bond acceptors (Lipinski definition) is 6. The molecular formula is C27H27N5O2S. The van der Waals surface area contributed by atoms with E-state index >= 15 is 0 Å². The van der Waals surface area contributed by atoms with Crippen LogP contribution in [-0.4, -0.2) is 49.8 Å². The van der Waals surface area contributed by atoms with E-state index in [-0.39, 0.29) is 17.4 Å². The molecule has 2 N–H and O–H groups in total. The zero-order valence-electron chi connectivity index (χ0n) is 19.3. The predicted octanol–water partition coefficient (Wildman–Crippen LogP) is 4.94. The highest BCUT2D eigenvalue weighted by molar-refractivity contribution is 7.17. The number of likely N-dealkylation sites (tertiary alicyclic amines) is 1. The molecule has 3 aromatic heterocycles. The maximum absolute atomic E-state index is 13.2. The van der Waals surface area contributed by atoms with Crippen LogP contribution in [0.2, 0.25) is 0 Å². The van der Waals surface area contributed by atoms with Crippen LogP contribution in [0.25, 0.3) is 21.5 Å². The Balaban J connectivity index is 1.24. The Morgan fingerprint density at radius 3 is 2.89 bits per heavy atom. The molecule has 1 spiro atoms. The van der Waals surface area contributed by atoms with Gasteiger partial charge in [0, 0.05) is 42.0 Å². The molecule has 1 aromatic carbocycles. The van der Waals surface area contributed by atoms with Crippen molar-refractivity contribution in [3.05, 3.63) is 78.5 Å². The number of aromatic nitrogens is 3. The smallest absolute Gasteiger partial charge is 0.268 e. The number of thiophene rings is 1. The second kappa shape index (κ2) is 8.71. The number of rotatable bonds is 6. The van der Waals surface area contributed by atoms with Crippen molar-refractivity contribution in [2.75, 3.05) is 18.4 Å². The van der Waals surface area contributed by atoms with E-state index in [4.69, 9.17) is 4.98 Å². The molecule has 4 heterocycles. The molecule has 1 aliphatic heterocycles. The lowest BCUT2D eigenvalue weighted by atomic mass is 9.64. The first-order valence-corrected chi connectivity index (χ1v) is 12.7. The number of aliphatic hydroxyl groups is 1. The summed E-state index contributed by atoms with van der Waals surface area (Å²) in [5.41, 5.74) is 3.11. The number of fused-ring (bicyclic) bond motifs is 1. The Kier molecular flexibility index (Phi) is 5.51. The van der Waals surface area contributed by atoms with Crippen LogP contribution in [0.3, 0.4) is 0 Å². The van der Waals surface area contributed by atoms with Gasteiger partial charge >= 0.3 is 0 Å². The number of nitrogens with zero attached hydrogens (tertiary/aromatic N) is 4. The predicted molar refractivity (Wildman–Crippen MR) is 138 cm³/mol. The first-order chi connectivity index (χ1) is 17.0. The van der Waals surface area contributed by atoms with Gasteiger partial charge < -0.3 is 9.67 Å². The molecule has 1 saturated carbocycles. The summed E-state index contributed by atoms with van der Waals surface area (Å²) >= 11 is 1.45. The number of nitrogens with one attached hydrogen (secondary N) is 1. The third kappa shape index (κ3) is 3.97. The largest absolute Gasteiger partial charge is 0.375 e. The minimum Gasteiger partial charge on any atom is -0.375 e. The zero-order valence-corrected chi connectivity index (χ0v) is 20.1. The highest BCUT2D eigenvalue weighted by Crippen LogP contribution is 2.55. The van der Waals surface area contributed by atoms with E-state index in [9.17, 15) is 9.90 Å². The minimum atomic E-state index is -0.584. The maximum Gasteiger partial charge on any atom is 0.268 e. The summed E-state index contributed by atoms with van der Waals surface area (Å²) in [5, 5.41) is 13.3. The Morgan fingerprint density at radius 1 is 1.23 bits per heavy atom. The summed E-state index contributed by atoms with van der Waals surface area (Å²) in [6.07, 6.45) is 7.62. The molecule has 1 unspecified atom stereocenters. The lowest BCUT2D eigenvalue weighted by molar-refractivity contribution is 0.0224. The van der Waals surface area contributed by atoms with Crippen molar-refractivity contribution in [1.29, 1.82) is 0 Å². The summed E-state index contributed by atoms with van der Waals surface area (Å²) in [6.45, 7) is 5.48. The molecule has 0 radical (unpaired) electrons. The second-order valence-electron chi connectivity index (χ2n) is 9.59. The maximum atomic E-state index is 13.2. The monoisotopic (exact) mass is 485 g/mol. The van der Waals surface area contributed by atoms with E-state index in [0.29, 0.717) is 10.8 Å². The van der Waals surface area contributed by atoms with Gasteiger partial charge in [-0.1, -0.05) is 24.8 Å². The average Bonchev–Trinajstić information content (AvgIpc) is 3.60. The molecule has 7 nitrogen and oxygen atoms in total. The molecular weight excluding hydrogens is 458 g/mol. The number of carbonyl (C=O) groups is 1. The summed E-state index contributed by atoms with van der Waals surface area (Å²) < 4.78 is 2.20. The molecule has 1 atom stereocenters. The molecule has 1 saturated heterocycles. The average molecular weight is 486 g/mol. The van der Waals surface area contributed by atoms with Crippen LogP contribution in [0, 0.1) is 5.41 Å². The molecule has 8 heteroatoms. The topological polar surface area (TPSA) is 83.3 Å². The number of imidazole rings is 1. The van der Waals surface area contributed by atoms with Gasteiger partial charge in [0.1, 0.15) is 6.23 Å². The van der Waals surface area contributed by atoms with E-state index in [2.05, 4.69) is 32.4 Å². The van der Waals surface area contributed by atoms with Crippen molar-refractivity contribution in [2.24, 2.45) is 5.41 Å². The fourth-order valence-corrected chi connectivity index (χ4v) is 6.48. The standard InChI is InChI=1S/C27H27N5O2S/c1-2-24(33)31-13-11-27(17-31)14-19(15-27)32-21-8-4-3-7-20(21)29-26(32)30-25(34)23-10-9-22(35-23)18-6-5-12-28-16-18/h2-10,12,16,19,24,33H,1,11,13-15,17H2,(H,29,30,34). The van der Waals surface area contributed by atoms with Gasteiger partial charge in [0.2, 0.25) is 5.95 Å². The van der Waals surface area contributed by atoms with Gasteiger partial charge in [-0.25, -0.2) is 4.98 Å². The Hall–Kier alpha value is -3.33. The number of carbonyl (C=O) groups excluding carboxylic acids is 1. The van der Waals surface area contributed by atoms with Crippen LogP contribution >= 0.6 is 11.3 Å². The van der Waals surface area contributed by atoms with Gasteiger partial charge in [-0.3, -0.25) is 20.0 Å². The van der Waals surface area contributed by atoms with Crippen LogP contribution in [0.1, 0.15) is 35.0 Å². The number of aliphatic hydroxyl groups excluding tert-OH is 1. The number of para-hydroxylation sites is 2. The third-order valence-corrected chi connectivity index (χ3v) is 8.49. The van der Waals surface area contributed by atoms with Crippen molar-refractivity contribution >= 4 is 34.2 Å². The highest BCUT2D eigenvalue weighted by atomic mass is 32.1. The quantitative estimate of drug-likeness (QED) is 0.378. The third-order valence-electron chi connectivity index (χ3n) is 7.35. The molecule has 178 valence electrons. The van der Waals surface area contributed by atoms with Crippen molar-refractivity contribution in [3.63, 3.8) is 0 Å². The zero-order chi connectivity index (χ0) is 24.0. The summed E-state index contributed by atoms with van der Waals surface area (Å²) in [5.74, 6) is 0.435. The summed E-state index contributed by atoms with van der Waals surface area (Å²) in [7, 11) is 0. The fraction of sp³-hybridized carbons (Fsp3) is 0.296.